The molecule has 0 saturated heterocycles. The number of nitrogens with one attached hydrogen (secondary N) is 1. The van der Waals surface area contributed by atoms with E-state index in [4.69, 9.17) is 4.74 Å². The molecule has 2 heteroatoms. The maximum absolute atomic E-state index is 5.43. The van der Waals surface area contributed by atoms with E-state index >= 15 is 0 Å². The molecular formula is C11H23NO. The second-order valence-electron chi connectivity index (χ2n) is 3.86. The molecule has 0 fully saturated rings. The minimum Gasteiger partial charge on any atom is -0.387 e. The first-order chi connectivity index (χ1) is 6.13. The second kappa shape index (κ2) is 8.11. The van der Waals surface area contributed by atoms with Gasteiger partial charge in [0.1, 0.15) is 0 Å². The summed E-state index contributed by atoms with van der Waals surface area (Å²) in [6.45, 7) is 12.7. The summed E-state index contributed by atoms with van der Waals surface area (Å²) in [5, 5.41) is 3.13. The van der Waals surface area contributed by atoms with Gasteiger partial charge in [-0.2, -0.15) is 0 Å². The Labute approximate surface area is 82.4 Å². The summed E-state index contributed by atoms with van der Waals surface area (Å²) in [4.78, 5) is 0. The van der Waals surface area contributed by atoms with Crippen LogP contribution in [0.2, 0.25) is 0 Å². The Morgan fingerprint density at radius 1 is 1.38 bits per heavy atom. The zero-order chi connectivity index (χ0) is 10.1. The zero-order valence-corrected chi connectivity index (χ0v) is 9.23. The highest BCUT2D eigenvalue weighted by molar-refractivity contribution is 4.83. The summed E-state index contributed by atoms with van der Waals surface area (Å²) in [5.74, 6) is 0.789. The largest absolute Gasteiger partial charge is 0.387 e. The smallest absolute Gasteiger partial charge is 0.0638 e. The van der Waals surface area contributed by atoms with Crippen LogP contribution in [0, 0.1) is 5.92 Å². The molecule has 0 aromatic carbocycles. The van der Waals surface area contributed by atoms with Gasteiger partial charge in [-0.3, -0.25) is 0 Å². The number of hydrogen-bond donors (Lipinski definition) is 1. The maximum Gasteiger partial charge on any atom is 0.0638 e. The molecule has 1 N–H and O–H groups in total. The van der Waals surface area contributed by atoms with Gasteiger partial charge in [0, 0.05) is 18.8 Å². The molecule has 78 valence electrons. The van der Waals surface area contributed by atoms with Crippen LogP contribution in [0.3, 0.4) is 0 Å². The van der Waals surface area contributed by atoms with Crippen molar-refractivity contribution in [3.8, 4) is 0 Å². The molecule has 0 radical (unpaired) electrons. The molecular weight excluding hydrogens is 162 g/mol. The molecule has 0 heterocycles. The zero-order valence-electron chi connectivity index (χ0n) is 9.23. The predicted octanol–water partition coefficient (Wildman–Crippen LogP) is 2.56. The standard InChI is InChI=1S/C11H23NO/c1-10(2)6-5-8-13-9-7-12-11(3)4/h10,12H,3,5-9H2,1-2,4H3. The molecule has 0 spiro atoms. The van der Waals surface area contributed by atoms with E-state index in [2.05, 4.69) is 25.7 Å². The minimum atomic E-state index is 0.783. The van der Waals surface area contributed by atoms with Crippen LogP contribution < -0.4 is 5.32 Å². The van der Waals surface area contributed by atoms with Gasteiger partial charge in [0.25, 0.3) is 0 Å². The van der Waals surface area contributed by atoms with E-state index in [9.17, 15) is 0 Å². The summed E-state index contributed by atoms with van der Waals surface area (Å²) in [6.07, 6.45) is 2.43. The van der Waals surface area contributed by atoms with Crippen molar-refractivity contribution >= 4 is 0 Å². The lowest BCUT2D eigenvalue weighted by Gasteiger charge is -2.07. The Morgan fingerprint density at radius 2 is 2.08 bits per heavy atom. The Kier molecular flexibility index (Phi) is 7.80. The van der Waals surface area contributed by atoms with Crippen LogP contribution >= 0.6 is 0 Å². The van der Waals surface area contributed by atoms with Crippen LogP contribution in [0.15, 0.2) is 12.3 Å². The maximum atomic E-state index is 5.43. The lowest BCUT2D eigenvalue weighted by Crippen LogP contribution is -2.17. The lowest BCUT2D eigenvalue weighted by molar-refractivity contribution is 0.131. The average molecular weight is 185 g/mol. The lowest BCUT2D eigenvalue weighted by atomic mass is 10.1. The number of rotatable bonds is 8. The van der Waals surface area contributed by atoms with Gasteiger partial charge < -0.3 is 10.1 Å². The highest BCUT2D eigenvalue weighted by Gasteiger charge is 1.93. The fourth-order valence-corrected chi connectivity index (χ4v) is 1.03. The molecule has 0 aromatic rings. The minimum absolute atomic E-state index is 0.783. The van der Waals surface area contributed by atoms with Crippen molar-refractivity contribution in [3.63, 3.8) is 0 Å². The van der Waals surface area contributed by atoms with E-state index < -0.39 is 0 Å². The second-order valence-corrected chi connectivity index (χ2v) is 3.86. The molecule has 2 nitrogen and oxygen atoms in total. The molecule has 13 heavy (non-hydrogen) atoms. The van der Waals surface area contributed by atoms with Crippen molar-refractivity contribution in [2.75, 3.05) is 19.8 Å². The molecule has 0 amide bonds. The summed E-state index contributed by atoms with van der Waals surface area (Å²) in [5.41, 5.74) is 1.01. The van der Waals surface area contributed by atoms with E-state index in [-0.39, 0.29) is 0 Å². The molecule has 0 aliphatic heterocycles. The van der Waals surface area contributed by atoms with Crippen molar-refractivity contribution in [3.05, 3.63) is 12.3 Å². The Balaban J connectivity index is 2.96. The fraction of sp³-hybridized carbons (Fsp3) is 0.818. The van der Waals surface area contributed by atoms with Gasteiger partial charge in [0.15, 0.2) is 0 Å². The SMILES string of the molecule is C=C(C)NCCOCCCC(C)C. The number of allylic oxidation sites excluding steroid dienone is 1. The van der Waals surface area contributed by atoms with Gasteiger partial charge in [0.2, 0.25) is 0 Å². The Hall–Kier alpha value is -0.500. The number of hydrogen-bond acceptors (Lipinski definition) is 2. The summed E-state index contributed by atoms with van der Waals surface area (Å²) < 4.78 is 5.43. The van der Waals surface area contributed by atoms with Crippen molar-refractivity contribution in [1.29, 1.82) is 0 Å². The highest BCUT2D eigenvalue weighted by Crippen LogP contribution is 2.02. The first-order valence-electron chi connectivity index (χ1n) is 5.10. The molecule has 0 rings (SSSR count). The van der Waals surface area contributed by atoms with Crippen LogP contribution in [0.1, 0.15) is 33.6 Å². The van der Waals surface area contributed by atoms with Crippen LogP contribution in [0.25, 0.3) is 0 Å². The van der Waals surface area contributed by atoms with Gasteiger partial charge in [0.05, 0.1) is 6.61 Å². The topological polar surface area (TPSA) is 21.3 Å². The fourth-order valence-electron chi connectivity index (χ4n) is 1.03. The van der Waals surface area contributed by atoms with Gasteiger partial charge in [-0.05, 0) is 25.7 Å². The van der Waals surface area contributed by atoms with Crippen molar-refractivity contribution in [1.82, 2.24) is 5.32 Å². The summed E-state index contributed by atoms with van der Waals surface area (Å²) in [6, 6.07) is 0. The quantitative estimate of drug-likeness (QED) is 0.587. The molecule has 0 aliphatic rings. The van der Waals surface area contributed by atoms with Gasteiger partial charge >= 0.3 is 0 Å². The van der Waals surface area contributed by atoms with Crippen molar-refractivity contribution < 1.29 is 4.74 Å². The number of ether oxygens (including phenoxy) is 1. The Bertz CT molecular complexity index is 132. The Morgan fingerprint density at radius 3 is 2.62 bits per heavy atom. The molecule has 0 bridgehead atoms. The summed E-state index contributed by atoms with van der Waals surface area (Å²) >= 11 is 0. The van der Waals surface area contributed by atoms with Crippen LogP contribution in [0.5, 0.6) is 0 Å². The molecule has 0 aliphatic carbocycles. The van der Waals surface area contributed by atoms with Crippen molar-refractivity contribution in [2.24, 2.45) is 5.92 Å². The highest BCUT2D eigenvalue weighted by atomic mass is 16.5. The van der Waals surface area contributed by atoms with E-state index in [1.165, 1.54) is 12.8 Å². The molecule has 0 aromatic heterocycles. The van der Waals surface area contributed by atoms with Gasteiger partial charge in [-0.15, -0.1) is 0 Å². The van der Waals surface area contributed by atoms with E-state index in [0.717, 1.165) is 31.4 Å². The van der Waals surface area contributed by atoms with Crippen LogP contribution in [-0.4, -0.2) is 19.8 Å². The van der Waals surface area contributed by atoms with E-state index in [1.807, 2.05) is 6.92 Å². The van der Waals surface area contributed by atoms with E-state index in [1.54, 1.807) is 0 Å². The summed E-state index contributed by atoms with van der Waals surface area (Å²) in [7, 11) is 0. The third kappa shape index (κ3) is 11.5. The first-order valence-corrected chi connectivity index (χ1v) is 5.10. The normalized spacial score (nSPS) is 10.5. The average Bonchev–Trinajstić information content (AvgIpc) is 2.01. The monoisotopic (exact) mass is 185 g/mol. The molecule has 0 saturated carbocycles. The predicted molar refractivity (Wildman–Crippen MR) is 57.7 cm³/mol. The van der Waals surface area contributed by atoms with Crippen LogP contribution in [-0.2, 0) is 4.74 Å². The third-order valence-electron chi connectivity index (χ3n) is 1.74. The van der Waals surface area contributed by atoms with E-state index in [0.29, 0.717) is 0 Å². The van der Waals surface area contributed by atoms with Gasteiger partial charge in [-0.25, -0.2) is 0 Å². The molecule has 0 unspecified atom stereocenters. The van der Waals surface area contributed by atoms with Crippen LogP contribution in [0.4, 0.5) is 0 Å². The first kappa shape index (κ1) is 12.5. The third-order valence-corrected chi connectivity index (χ3v) is 1.74. The molecule has 0 atom stereocenters. The van der Waals surface area contributed by atoms with Crippen molar-refractivity contribution in [2.45, 2.75) is 33.6 Å². The van der Waals surface area contributed by atoms with Gasteiger partial charge in [-0.1, -0.05) is 20.4 Å².